The molecular formula is C13H18ClNO. The highest BCUT2D eigenvalue weighted by molar-refractivity contribution is 6.17. The van der Waals surface area contributed by atoms with E-state index in [9.17, 15) is 0 Å². The molecule has 1 aliphatic rings. The molecule has 0 amide bonds. The molecule has 2 rings (SSSR count). The van der Waals surface area contributed by atoms with Gasteiger partial charge in [-0.3, -0.25) is 0 Å². The first-order valence-corrected chi connectivity index (χ1v) is 6.37. The minimum atomic E-state index is 0.721. The van der Waals surface area contributed by atoms with E-state index >= 15 is 0 Å². The van der Waals surface area contributed by atoms with Gasteiger partial charge in [0.15, 0.2) is 0 Å². The zero-order chi connectivity index (χ0) is 11.4. The average Bonchev–Trinajstić information content (AvgIpc) is 2.35. The molecular weight excluding hydrogens is 222 g/mol. The van der Waals surface area contributed by atoms with Crippen LogP contribution < -0.4 is 9.64 Å². The quantitative estimate of drug-likeness (QED) is 0.749. The second-order valence-electron chi connectivity index (χ2n) is 4.21. The van der Waals surface area contributed by atoms with Crippen molar-refractivity contribution in [3.63, 3.8) is 0 Å². The zero-order valence-corrected chi connectivity index (χ0v) is 10.5. The Morgan fingerprint density at radius 3 is 3.12 bits per heavy atom. The van der Waals surface area contributed by atoms with Gasteiger partial charge in [-0.1, -0.05) is 0 Å². The van der Waals surface area contributed by atoms with E-state index in [1.165, 1.54) is 11.3 Å². The van der Waals surface area contributed by atoms with Crippen molar-refractivity contribution in [2.24, 2.45) is 0 Å². The molecule has 1 heterocycles. The predicted octanol–water partition coefficient (Wildman–Crippen LogP) is 3.08. The lowest BCUT2D eigenvalue weighted by Gasteiger charge is -2.23. The highest BCUT2D eigenvalue weighted by Crippen LogP contribution is 2.28. The third kappa shape index (κ3) is 2.62. The molecule has 0 aliphatic carbocycles. The molecule has 1 aromatic carbocycles. The van der Waals surface area contributed by atoms with Crippen molar-refractivity contribution in [1.29, 1.82) is 0 Å². The van der Waals surface area contributed by atoms with Gasteiger partial charge >= 0.3 is 0 Å². The van der Waals surface area contributed by atoms with Crippen molar-refractivity contribution in [3.05, 3.63) is 23.8 Å². The summed E-state index contributed by atoms with van der Waals surface area (Å²) in [7, 11) is 2.11. The number of hydrogen-bond acceptors (Lipinski definition) is 2. The van der Waals surface area contributed by atoms with E-state index in [1.54, 1.807) is 0 Å². The Morgan fingerprint density at radius 2 is 2.31 bits per heavy atom. The van der Waals surface area contributed by atoms with Crippen molar-refractivity contribution in [2.75, 3.05) is 31.0 Å². The van der Waals surface area contributed by atoms with Gasteiger partial charge in [-0.25, -0.2) is 0 Å². The second kappa shape index (κ2) is 5.44. The molecule has 88 valence electrons. The number of alkyl halides is 1. The van der Waals surface area contributed by atoms with Gasteiger partial charge in [0.25, 0.3) is 0 Å². The van der Waals surface area contributed by atoms with Crippen molar-refractivity contribution >= 4 is 17.3 Å². The summed E-state index contributed by atoms with van der Waals surface area (Å²) in [5.74, 6) is 1.78. The molecule has 1 aromatic rings. The van der Waals surface area contributed by atoms with E-state index in [-0.39, 0.29) is 0 Å². The second-order valence-corrected chi connectivity index (χ2v) is 4.59. The molecule has 3 heteroatoms. The Hall–Kier alpha value is -0.890. The average molecular weight is 240 g/mol. The smallest absolute Gasteiger partial charge is 0.122 e. The SMILES string of the molecule is CN(CCCCl)c1ccc2c(c1)CCCO2. The van der Waals surface area contributed by atoms with Crippen molar-refractivity contribution in [3.8, 4) is 5.75 Å². The molecule has 0 saturated heterocycles. The summed E-state index contributed by atoms with van der Waals surface area (Å²) >= 11 is 5.70. The van der Waals surface area contributed by atoms with Crippen LogP contribution in [0.5, 0.6) is 5.75 Å². The third-order valence-corrected chi connectivity index (χ3v) is 3.23. The zero-order valence-electron chi connectivity index (χ0n) is 9.71. The number of hydrogen-bond donors (Lipinski definition) is 0. The number of benzene rings is 1. The van der Waals surface area contributed by atoms with E-state index in [1.807, 2.05) is 0 Å². The molecule has 2 nitrogen and oxygen atoms in total. The molecule has 0 bridgehead atoms. The van der Waals surface area contributed by atoms with Crippen LogP contribution >= 0.6 is 11.6 Å². The number of aryl methyl sites for hydroxylation is 1. The van der Waals surface area contributed by atoms with Crippen molar-refractivity contribution < 1.29 is 4.74 Å². The Bertz CT molecular complexity index is 354. The first-order valence-electron chi connectivity index (χ1n) is 5.84. The Morgan fingerprint density at radius 1 is 1.44 bits per heavy atom. The molecule has 1 aliphatic heterocycles. The van der Waals surface area contributed by atoms with E-state index in [0.29, 0.717) is 0 Å². The maximum absolute atomic E-state index is 5.70. The Kier molecular flexibility index (Phi) is 3.94. The van der Waals surface area contributed by atoms with E-state index < -0.39 is 0 Å². The van der Waals surface area contributed by atoms with Crippen molar-refractivity contribution in [2.45, 2.75) is 19.3 Å². The van der Waals surface area contributed by atoms with Crippen LogP contribution in [0.2, 0.25) is 0 Å². The van der Waals surface area contributed by atoms with Crippen LogP contribution in [0.25, 0.3) is 0 Å². The first kappa shape index (κ1) is 11.6. The molecule has 0 atom stereocenters. The largest absolute Gasteiger partial charge is 0.493 e. The van der Waals surface area contributed by atoms with Crippen molar-refractivity contribution in [1.82, 2.24) is 0 Å². The summed E-state index contributed by atoms with van der Waals surface area (Å²) in [6.07, 6.45) is 3.28. The monoisotopic (exact) mass is 239 g/mol. The van der Waals surface area contributed by atoms with Gasteiger partial charge in [0, 0.05) is 25.2 Å². The molecule has 0 radical (unpaired) electrons. The van der Waals surface area contributed by atoms with Crippen LogP contribution in [0.3, 0.4) is 0 Å². The number of anilines is 1. The lowest BCUT2D eigenvalue weighted by Crippen LogP contribution is -2.19. The highest BCUT2D eigenvalue weighted by atomic mass is 35.5. The molecule has 0 unspecified atom stereocenters. The van der Waals surface area contributed by atoms with Crippen LogP contribution in [-0.4, -0.2) is 26.1 Å². The summed E-state index contributed by atoms with van der Waals surface area (Å²) in [5.41, 5.74) is 2.59. The maximum atomic E-state index is 5.70. The molecule has 16 heavy (non-hydrogen) atoms. The Labute approximate surface area is 102 Å². The fraction of sp³-hybridized carbons (Fsp3) is 0.538. The molecule has 0 aromatic heterocycles. The summed E-state index contributed by atoms with van der Waals surface area (Å²) in [6.45, 7) is 1.86. The number of nitrogens with zero attached hydrogens (tertiary/aromatic N) is 1. The van der Waals surface area contributed by atoms with Gasteiger partial charge in [-0.2, -0.15) is 0 Å². The normalized spacial score (nSPS) is 14.1. The lowest BCUT2D eigenvalue weighted by atomic mass is 10.1. The third-order valence-electron chi connectivity index (χ3n) is 2.96. The van der Waals surface area contributed by atoms with Crippen LogP contribution in [0.1, 0.15) is 18.4 Å². The molecule has 0 fully saturated rings. The molecule has 0 saturated carbocycles. The molecule has 0 spiro atoms. The summed E-state index contributed by atoms with van der Waals surface area (Å²) in [6, 6.07) is 6.45. The van der Waals surface area contributed by atoms with E-state index in [0.717, 1.165) is 44.0 Å². The standard InChI is InChI=1S/C13H18ClNO/c1-15(8-3-7-14)12-5-6-13-11(10-12)4-2-9-16-13/h5-6,10H,2-4,7-9H2,1H3. The summed E-state index contributed by atoms with van der Waals surface area (Å²) < 4.78 is 5.60. The number of fused-ring (bicyclic) bond motifs is 1. The predicted molar refractivity (Wildman–Crippen MR) is 68.9 cm³/mol. The van der Waals surface area contributed by atoms with Gasteiger partial charge in [-0.05, 0) is 43.0 Å². The van der Waals surface area contributed by atoms with Crippen LogP contribution in [0.4, 0.5) is 5.69 Å². The van der Waals surface area contributed by atoms with Gasteiger partial charge in [0.05, 0.1) is 6.61 Å². The Balaban J connectivity index is 2.10. The minimum absolute atomic E-state index is 0.721. The first-order chi connectivity index (χ1) is 7.81. The van der Waals surface area contributed by atoms with E-state index in [4.69, 9.17) is 16.3 Å². The minimum Gasteiger partial charge on any atom is -0.493 e. The fourth-order valence-electron chi connectivity index (χ4n) is 2.01. The molecule has 0 N–H and O–H groups in total. The van der Waals surface area contributed by atoms with Crippen LogP contribution in [0.15, 0.2) is 18.2 Å². The number of rotatable bonds is 4. The van der Waals surface area contributed by atoms with Crippen LogP contribution in [-0.2, 0) is 6.42 Å². The number of ether oxygens (including phenoxy) is 1. The van der Waals surface area contributed by atoms with E-state index in [2.05, 4.69) is 30.1 Å². The van der Waals surface area contributed by atoms with Gasteiger partial charge < -0.3 is 9.64 Å². The van der Waals surface area contributed by atoms with Crippen LogP contribution in [0, 0.1) is 0 Å². The van der Waals surface area contributed by atoms with Gasteiger partial charge in [-0.15, -0.1) is 11.6 Å². The highest BCUT2D eigenvalue weighted by Gasteiger charge is 2.11. The fourth-order valence-corrected chi connectivity index (χ4v) is 2.13. The summed E-state index contributed by atoms with van der Waals surface area (Å²) in [4.78, 5) is 2.25. The van der Waals surface area contributed by atoms with Gasteiger partial charge in [0.2, 0.25) is 0 Å². The maximum Gasteiger partial charge on any atom is 0.122 e. The number of halogens is 1. The topological polar surface area (TPSA) is 12.5 Å². The lowest BCUT2D eigenvalue weighted by molar-refractivity contribution is 0.288. The summed E-state index contributed by atoms with van der Waals surface area (Å²) in [5, 5.41) is 0. The van der Waals surface area contributed by atoms with Gasteiger partial charge in [0.1, 0.15) is 5.75 Å².